The second-order valence-electron chi connectivity index (χ2n) is 5.46. The van der Waals surface area contributed by atoms with Crippen molar-refractivity contribution in [3.8, 4) is 5.75 Å². The number of benzene rings is 2. The molecule has 2 aromatic rings. The van der Waals surface area contributed by atoms with Crippen LogP contribution in [0.25, 0.3) is 0 Å². The number of carbonyl (C=O) groups is 1. The average Bonchev–Trinajstić information content (AvgIpc) is 2.62. The van der Waals surface area contributed by atoms with Crippen LogP contribution < -0.4 is 10.1 Å². The van der Waals surface area contributed by atoms with Crippen molar-refractivity contribution in [2.75, 3.05) is 19.4 Å². The number of methoxy groups -OCH3 is 1. The van der Waals surface area contributed by atoms with Gasteiger partial charge in [-0.25, -0.2) is 8.42 Å². The van der Waals surface area contributed by atoms with E-state index in [0.29, 0.717) is 13.0 Å². The predicted molar refractivity (Wildman–Crippen MR) is 94.9 cm³/mol. The van der Waals surface area contributed by atoms with Crippen molar-refractivity contribution in [1.82, 2.24) is 5.32 Å². The highest BCUT2D eigenvalue weighted by Crippen LogP contribution is 2.17. The minimum absolute atomic E-state index is 0.131. The standard InChI is InChI=1S/C17H18N2O6S/c1-25-15-6-2-13(3-7-15)10-11-18-17(20)12-26(23,24)16-8-4-14(5-9-16)19(21)22/h2-9H,10-12H2,1H3,(H,18,20). The number of ether oxygens (including phenoxy) is 1. The van der Waals surface area contributed by atoms with E-state index in [2.05, 4.69) is 5.32 Å². The van der Waals surface area contributed by atoms with Gasteiger partial charge < -0.3 is 10.1 Å². The molecule has 1 amide bonds. The highest BCUT2D eigenvalue weighted by Gasteiger charge is 2.20. The van der Waals surface area contributed by atoms with Crippen LogP contribution in [0.2, 0.25) is 0 Å². The first-order valence-electron chi connectivity index (χ1n) is 7.68. The number of nitro benzene ring substituents is 1. The number of hydrogen-bond donors (Lipinski definition) is 1. The number of non-ortho nitro benzene ring substituents is 1. The third-order valence-electron chi connectivity index (χ3n) is 3.62. The molecule has 0 aliphatic carbocycles. The van der Waals surface area contributed by atoms with Crippen LogP contribution in [0.5, 0.6) is 5.75 Å². The molecule has 0 saturated carbocycles. The summed E-state index contributed by atoms with van der Waals surface area (Å²) in [5, 5.41) is 13.2. The normalized spacial score (nSPS) is 11.0. The number of nitrogens with one attached hydrogen (secondary N) is 1. The van der Waals surface area contributed by atoms with Gasteiger partial charge in [-0.3, -0.25) is 14.9 Å². The van der Waals surface area contributed by atoms with E-state index in [-0.39, 0.29) is 10.6 Å². The molecule has 0 aliphatic heterocycles. The lowest BCUT2D eigenvalue weighted by Gasteiger charge is -2.07. The Labute approximate surface area is 150 Å². The molecule has 0 bridgehead atoms. The monoisotopic (exact) mass is 378 g/mol. The molecular weight excluding hydrogens is 360 g/mol. The van der Waals surface area contributed by atoms with Gasteiger partial charge >= 0.3 is 0 Å². The lowest BCUT2D eigenvalue weighted by Crippen LogP contribution is -2.31. The minimum Gasteiger partial charge on any atom is -0.497 e. The first-order valence-corrected chi connectivity index (χ1v) is 9.34. The summed E-state index contributed by atoms with van der Waals surface area (Å²) in [4.78, 5) is 21.7. The van der Waals surface area contributed by atoms with E-state index in [1.807, 2.05) is 12.1 Å². The Balaban J connectivity index is 1.88. The third kappa shape index (κ3) is 5.28. The molecule has 0 aliphatic rings. The highest BCUT2D eigenvalue weighted by atomic mass is 32.2. The van der Waals surface area contributed by atoms with E-state index in [9.17, 15) is 23.3 Å². The number of nitro groups is 1. The van der Waals surface area contributed by atoms with Crippen molar-refractivity contribution in [2.45, 2.75) is 11.3 Å². The fourth-order valence-corrected chi connectivity index (χ4v) is 3.39. The van der Waals surface area contributed by atoms with Crippen LogP contribution in [0.1, 0.15) is 5.56 Å². The number of hydrogen-bond acceptors (Lipinski definition) is 6. The summed E-state index contributed by atoms with van der Waals surface area (Å²) >= 11 is 0. The molecule has 9 heteroatoms. The van der Waals surface area contributed by atoms with Crippen molar-refractivity contribution in [3.05, 3.63) is 64.2 Å². The van der Waals surface area contributed by atoms with Gasteiger partial charge in [-0.15, -0.1) is 0 Å². The minimum atomic E-state index is -3.86. The number of nitrogens with zero attached hydrogens (tertiary/aromatic N) is 1. The van der Waals surface area contributed by atoms with E-state index in [1.165, 1.54) is 0 Å². The van der Waals surface area contributed by atoms with Gasteiger partial charge in [0.1, 0.15) is 11.5 Å². The fourth-order valence-electron chi connectivity index (χ4n) is 2.22. The molecule has 2 aromatic carbocycles. The van der Waals surface area contributed by atoms with Gasteiger partial charge in [0.25, 0.3) is 5.69 Å². The molecule has 8 nitrogen and oxygen atoms in total. The smallest absolute Gasteiger partial charge is 0.269 e. The van der Waals surface area contributed by atoms with E-state index >= 15 is 0 Å². The predicted octanol–water partition coefficient (Wildman–Crippen LogP) is 1.74. The molecule has 1 N–H and O–H groups in total. The van der Waals surface area contributed by atoms with Gasteiger partial charge in [-0.1, -0.05) is 12.1 Å². The zero-order valence-corrected chi connectivity index (χ0v) is 14.9. The van der Waals surface area contributed by atoms with Crippen molar-refractivity contribution in [1.29, 1.82) is 0 Å². The number of sulfone groups is 1. The third-order valence-corrected chi connectivity index (χ3v) is 5.26. The Morgan fingerprint density at radius 3 is 2.27 bits per heavy atom. The number of carbonyl (C=O) groups excluding carboxylic acids is 1. The van der Waals surface area contributed by atoms with E-state index < -0.39 is 26.4 Å². The molecular formula is C17H18N2O6S. The van der Waals surface area contributed by atoms with Gasteiger partial charge in [0.15, 0.2) is 9.84 Å². The highest BCUT2D eigenvalue weighted by molar-refractivity contribution is 7.92. The van der Waals surface area contributed by atoms with Crippen LogP contribution in [0.3, 0.4) is 0 Å². The maximum absolute atomic E-state index is 12.2. The van der Waals surface area contributed by atoms with Crippen LogP contribution in [0.15, 0.2) is 53.4 Å². The van der Waals surface area contributed by atoms with Crippen LogP contribution in [0, 0.1) is 10.1 Å². The van der Waals surface area contributed by atoms with Crippen LogP contribution in [-0.2, 0) is 21.1 Å². The molecule has 138 valence electrons. The molecule has 0 spiro atoms. The first-order chi connectivity index (χ1) is 12.3. The van der Waals surface area contributed by atoms with Crippen molar-refractivity contribution < 1.29 is 22.9 Å². The largest absolute Gasteiger partial charge is 0.497 e. The SMILES string of the molecule is COc1ccc(CCNC(=O)CS(=O)(=O)c2ccc([N+](=O)[O-])cc2)cc1. The molecule has 0 aromatic heterocycles. The fraction of sp³-hybridized carbons (Fsp3) is 0.235. The zero-order valence-electron chi connectivity index (χ0n) is 14.0. The Kier molecular flexibility index (Phi) is 6.29. The quantitative estimate of drug-likeness (QED) is 0.552. The maximum atomic E-state index is 12.2. The maximum Gasteiger partial charge on any atom is 0.269 e. The van der Waals surface area contributed by atoms with Gasteiger partial charge in [-0.2, -0.15) is 0 Å². The molecule has 0 fully saturated rings. The van der Waals surface area contributed by atoms with Crippen LogP contribution in [0.4, 0.5) is 5.69 Å². The van der Waals surface area contributed by atoms with E-state index in [1.54, 1.807) is 19.2 Å². The number of amides is 1. The molecule has 0 heterocycles. The summed E-state index contributed by atoms with van der Waals surface area (Å²) in [5.41, 5.74) is 0.761. The Bertz CT molecular complexity index is 876. The van der Waals surface area contributed by atoms with E-state index in [0.717, 1.165) is 35.6 Å². The molecule has 0 atom stereocenters. The van der Waals surface area contributed by atoms with Gasteiger partial charge in [0, 0.05) is 18.7 Å². The van der Waals surface area contributed by atoms with Crippen LogP contribution in [-0.4, -0.2) is 38.7 Å². The van der Waals surface area contributed by atoms with Crippen molar-refractivity contribution in [3.63, 3.8) is 0 Å². The molecule has 0 saturated heterocycles. The lowest BCUT2D eigenvalue weighted by molar-refractivity contribution is -0.384. The van der Waals surface area contributed by atoms with Crippen molar-refractivity contribution >= 4 is 21.4 Å². The molecule has 2 rings (SSSR count). The van der Waals surface area contributed by atoms with Gasteiger partial charge in [0.2, 0.25) is 5.91 Å². The van der Waals surface area contributed by atoms with E-state index in [4.69, 9.17) is 4.74 Å². The lowest BCUT2D eigenvalue weighted by atomic mass is 10.1. The molecule has 26 heavy (non-hydrogen) atoms. The summed E-state index contributed by atoms with van der Waals surface area (Å²) in [6.07, 6.45) is 0.549. The number of rotatable bonds is 8. The zero-order chi connectivity index (χ0) is 19.2. The van der Waals surface area contributed by atoms with Gasteiger partial charge in [-0.05, 0) is 36.2 Å². The second kappa shape index (κ2) is 8.43. The summed E-state index contributed by atoms with van der Waals surface area (Å²) < 4.78 is 29.4. The summed E-state index contributed by atoms with van der Waals surface area (Å²) in [7, 11) is -2.29. The topological polar surface area (TPSA) is 116 Å². The first kappa shape index (κ1) is 19.4. The van der Waals surface area contributed by atoms with Crippen LogP contribution >= 0.6 is 0 Å². The van der Waals surface area contributed by atoms with Gasteiger partial charge in [0.05, 0.1) is 16.9 Å². The van der Waals surface area contributed by atoms with Crippen molar-refractivity contribution in [2.24, 2.45) is 0 Å². The average molecular weight is 378 g/mol. The summed E-state index contributed by atoms with van der Waals surface area (Å²) in [5.74, 6) is -0.614. The summed E-state index contributed by atoms with van der Waals surface area (Å²) in [6.45, 7) is 0.293. The molecule has 0 unspecified atom stereocenters. The molecule has 0 radical (unpaired) electrons. The Hall–Kier alpha value is -2.94. The summed E-state index contributed by atoms with van der Waals surface area (Å²) in [6, 6.07) is 11.8. The Morgan fingerprint density at radius 1 is 1.12 bits per heavy atom. The second-order valence-corrected chi connectivity index (χ2v) is 7.45. The Morgan fingerprint density at radius 2 is 1.73 bits per heavy atom.